The van der Waals surface area contributed by atoms with Crippen molar-refractivity contribution in [2.75, 3.05) is 18.4 Å². The summed E-state index contributed by atoms with van der Waals surface area (Å²) in [5.74, 6) is -4.15. The Morgan fingerprint density at radius 3 is 2.45 bits per heavy atom. The molecule has 0 spiro atoms. The van der Waals surface area contributed by atoms with Crippen LogP contribution in [0.25, 0.3) is 11.0 Å². The fourth-order valence-electron chi connectivity index (χ4n) is 3.19. The number of alkyl halides is 5. The third kappa shape index (κ3) is 6.01. The highest BCUT2D eigenvalue weighted by molar-refractivity contribution is 7.99. The maximum Gasteiger partial charge on any atom is 0.418 e. The second-order valence-electron chi connectivity index (χ2n) is 6.85. The van der Waals surface area contributed by atoms with Crippen molar-refractivity contribution in [3.8, 4) is 0 Å². The molecule has 0 bridgehead atoms. The Morgan fingerprint density at radius 2 is 1.79 bits per heavy atom. The van der Waals surface area contributed by atoms with E-state index in [1.807, 2.05) is 0 Å². The number of carbonyl (C=O) groups excluding carboxylic acids is 2. The minimum Gasteiger partial charge on any atom is -0.332 e. The van der Waals surface area contributed by atoms with Gasteiger partial charge in [0, 0.05) is 6.54 Å². The smallest absolute Gasteiger partial charge is 0.332 e. The summed E-state index contributed by atoms with van der Waals surface area (Å²) in [6, 6.07) is 11.1. The number of hydrogen-bond acceptors (Lipinski definition) is 4. The molecule has 3 aromatic rings. The number of thioether (sulfide) groups is 1. The van der Waals surface area contributed by atoms with Crippen molar-refractivity contribution in [2.24, 2.45) is 0 Å². The molecule has 0 atom stereocenters. The number of nitrogens with one attached hydrogen (secondary N) is 1. The fourth-order valence-corrected chi connectivity index (χ4v) is 3.79. The van der Waals surface area contributed by atoms with Gasteiger partial charge in [-0.1, -0.05) is 24.3 Å². The van der Waals surface area contributed by atoms with E-state index >= 15 is 0 Å². The maximum absolute atomic E-state index is 13.1. The number of para-hydroxylation sites is 3. The van der Waals surface area contributed by atoms with Gasteiger partial charge in [-0.3, -0.25) is 9.59 Å². The molecule has 0 radical (unpaired) electrons. The average Bonchev–Trinajstić information content (AvgIpc) is 3.07. The normalized spacial score (nSPS) is 11.7. The van der Waals surface area contributed by atoms with Crippen molar-refractivity contribution in [3.63, 3.8) is 0 Å². The van der Waals surface area contributed by atoms with E-state index < -0.39 is 41.5 Å². The van der Waals surface area contributed by atoms with Gasteiger partial charge in [-0.05, 0) is 43.0 Å². The minimum absolute atomic E-state index is 0.0563. The van der Waals surface area contributed by atoms with Gasteiger partial charge in [-0.2, -0.15) is 22.0 Å². The molecule has 0 saturated heterocycles. The van der Waals surface area contributed by atoms with Gasteiger partial charge in [0.25, 0.3) is 5.76 Å². The molecule has 1 aromatic heterocycles. The minimum atomic E-state index is -4.66. The molecule has 33 heavy (non-hydrogen) atoms. The van der Waals surface area contributed by atoms with E-state index in [-0.39, 0.29) is 30.0 Å². The lowest BCUT2D eigenvalue weighted by atomic mass is 10.1. The Balaban J connectivity index is 1.76. The van der Waals surface area contributed by atoms with Gasteiger partial charge in [-0.25, -0.2) is 4.98 Å². The Hall–Kier alpha value is -3.15. The highest BCUT2D eigenvalue weighted by Crippen LogP contribution is 2.34. The summed E-state index contributed by atoms with van der Waals surface area (Å²) in [6.45, 7) is 0.800. The highest BCUT2D eigenvalue weighted by Gasteiger charge is 2.33. The van der Waals surface area contributed by atoms with Gasteiger partial charge in [-0.15, -0.1) is 0 Å². The van der Waals surface area contributed by atoms with E-state index in [1.165, 1.54) is 16.7 Å². The Morgan fingerprint density at radius 1 is 1.12 bits per heavy atom. The van der Waals surface area contributed by atoms with Crippen molar-refractivity contribution < 1.29 is 31.5 Å². The second-order valence-corrected chi connectivity index (χ2v) is 7.80. The van der Waals surface area contributed by atoms with Gasteiger partial charge in [0.1, 0.15) is 6.54 Å². The van der Waals surface area contributed by atoms with Crippen LogP contribution >= 0.6 is 11.8 Å². The molecule has 6 nitrogen and oxygen atoms in total. The van der Waals surface area contributed by atoms with Crippen LogP contribution in [0.3, 0.4) is 0 Å². The average molecular weight is 486 g/mol. The Kier molecular flexibility index (Phi) is 7.57. The zero-order valence-electron chi connectivity index (χ0n) is 17.3. The van der Waals surface area contributed by atoms with Gasteiger partial charge in [0.2, 0.25) is 11.8 Å². The Bertz CT molecular complexity index is 1150. The van der Waals surface area contributed by atoms with E-state index in [0.29, 0.717) is 11.0 Å². The highest BCUT2D eigenvalue weighted by atomic mass is 32.2. The molecule has 0 aliphatic heterocycles. The van der Waals surface area contributed by atoms with Gasteiger partial charge in [0.05, 0.1) is 28.8 Å². The first kappa shape index (κ1) is 24.5. The molecule has 12 heteroatoms. The first-order chi connectivity index (χ1) is 15.6. The molecular formula is C21H19F5N4O2S. The molecule has 176 valence electrons. The summed E-state index contributed by atoms with van der Waals surface area (Å²) in [5, 5.41) is 2.13. The molecule has 1 heterocycles. The number of halogens is 5. The van der Waals surface area contributed by atoms with Crippen LogP contribution < -0.4 is 5.32 Å². The van der Waals surface area contributed by atoms with E-state index in [9.17, 15) is 31.5 Å². The van der Waals surface area contributed by atoms with Crippen molar-refractivity contribution in [1.29, 1.82) is 0 Å². The fraction of sp³-hybridized carbons (Fsp3) is 0.286. The monoisotopic (exact) mass is 486 g/mol. The molecule has 1 N–H and O–H groups in total. The number of rotatable bonds is 8. The van der Waals surface area contributed by atoms with Crippen LogP contribution in [0.1, 0.15) is 12.5 Å². The molecule has 2 aromatic carbocycles. The van der Waals surface area contributed by atoms with Crippen LogP contribution in [0, 0.1) is 0 Å². The number of nitrogens with zero attached hydrogens (tertiary/aromatic N) is 3. The van der Waals surface area contributed by atoms with Gasteiger partial charge >= 0.3 is 6.18 Å². The Labute approximate surface area is 189 Å². The number of carbonyl (C=O) groups is 2. The van der Waals surface area contributed by atoms with Crippen LogP contribution in [0.15, 0.2) is 53.7 Å². The summed E-state index contributed by atoms with van der Waals surface area (Å²) < 4.78 is 66.7. The molecule has 0 unspecified atom stereocenters. The largest absolute Gasteiger partial charge is 0.418 e. The molecule has 3 rings (SSSR count). The van der Waals surface area contributed by atoms with Gasteiger partial charge in [0.15, 0.2) is 5.16 Å². The molecule has 0 fully saturated rings. The number of likely N-dealkylation sites (N-methyl/N-ethyl adjacent to an activating group) is 1. The zero-order valence-corrected chi connectivity index (χ0v) is 18.1. The van der Waals surface area contributed by atoms with Crippen molar-refractivity contribution in [1.82, 2.24) is 14.5 Å². The predicted molar refractivity (Wildman–Crippen MR) is 114 cm³/mol. The standard InChI is InChI=1S/C21H19F5N4O2S/c1-2-29(11-17(31)27-14-8-4-3-7-13(14)21(24,25)26)18(32)12-30-16-10-6-5-9-15(16)28-20(30)33-19(22)23/h3-10,19H,2,11-12H2,1H3,(H,27,31). The number of anilines is 1. The van der Waals surface area contributed by atoms with Gasteiger partial charge < -0.3 is 14.8 Å². The van der Waals surface area contributed by atoms with Crippen LogP contribution in [0.5, 0.6) is 0 Å². The van der Waals surface area contributed by atoms with Crippen molar-refractivity contribution in [3.05, 3.63) is 54.1 Å². The molecule has 0 aliphatic rings. The van der Waals surface area contributed by atoms with E-state index in [1.54, 1.807) is 31.2 Å². The molecule has 2 amide bonds. The van der Waals surface area contributed by atoms with Crippen molar-refractivity contribution >= 4 is 40.3 Å². The summed E-state index contributed by atoms with van der Waals surface area (Å²) in [4.78, 5) is 30.5. The first-order valence-corrected chi connectivity index (χ1v) is 10.6. The van der Waals surface area contributed by atoms with Crippen LogP contribution in [0.4, 0.5) is 27.6 Å². The third-order valence-corrected chi connectivity index (χ3v) is 5.38. The first-order valence-electron chi connectivity index (χ1n) is 9.74. The molecule has 0 saturated carbocycles. The third-order valence-electron chi connectivity index (χ3n) is 4.68. The summed E-state index contributed by atoms with van der Waals surface area (Å²) in [7, 11) is 0. The second kappa shape index (κ2) is 10.2. The SMILES string of the molecule is CCN(CC(=O)Nc1ccccc1C(F)(F)F)C(=O)Cn1c(SC(F)F)nc2ccccc21. The van der Waals surface area contributed by atoms with Crippen LogP contribution in [-0.2, 0) is 22.3 Å². The number of hydrogen-bond donors (Lipinski definition) is 1. The lowest BCUT2D eigenvalue weighted by Gasteiger charge is -2.22. The molecular weight excluding hydrogens is 467 g/mol. The summed E-state index contributed by atoms with van der Waals surface area (Å²) >= 11 is 0.194. The zero-order chi connectivity index (χ0) is 24.2. The van der Waals surface area contributed by atoms with Crippen LogP contribution in [0.2, 0.25) is 0 Å². The van der Waals surface area contributed by atoms with Crippen molar-refractivity contribution in [2.45, 2.75) is 30.6 Å². The lowest BCUT2D eigenvalue weighted by molar-refractivity contribution is -0.137. The van der Waals surface area contributed by atoms with Crippen LogP contribution in [-0.4, -0.2) is 45.1 Å². The number of benzene rings is 2. The number of aromatic nitrogens is 2. The number of amides is 2. The predicted octanol–water partition coefficient (Wildman–Crippen LogP) is 4.86. The topological polar surface area (TPSA) is 67.2 Å². The number of imidazole rings is 1. The quantitative estimate of drug-likeness (QED) is 0.365. The van der Waals surface area contributed by atoms with E-state index in [4.69, 9.17) is 0 Å². The summed E-state index contributed by atoms with van der Waals surface area (Å²) in [5.41, 5.74) is -0.535. The number of fused-ring (bicyclic) bond motifs is 1. The lowest BCUT2D eigenvalue weighted by Crippen LogP contribution is -2.39. The summed E-state index contributed by atoms with van der Waals surface area (Å²) in [6.07, 6.45) is -4.66. The maximum atomic E-state index is 13.1. The van der Waals surface area contributed by atoms with E-state index in [2.05, 4.69) is 10.3 Å². The van der Waals surface area contributed by atoms with E-state index in [0.717, 1.165) is 17.0 Å². The molecule has 0 aliphatic carbocycles.